The van der Waals surface area contributed by atoms with Crippen molar-refractivity contribution in [2.75, 3.05) is 7.11 Å². The Morgan fingerprint density at radius 2 is 1.80 bits per heavy atom. The topological polar surface area (TPSA) is 154 Å². The number of esters is 1. The highest BCUT2D eigenvalue weighted by Crippen LogP contribution is 2.28. The second-order valence-corrected chi connectivity index (χ2v) is 9.43. The number of nitrogens with one attached hydrogen (secondary N) is 1. The lowest BCUT2D eigenvalue weighted by Gasteiger charge is -2.17. The minimum Gasteiger partial charge on any atom is -0.467 e. The number of amides is 1. The maximum atomic E-state index is 12.9. The van der Waals surface area contributed by atoms with Crippen LogP contribution >= 0.6 is 0 Å². The largest absolute Gasteiger partial charge is 0.467 e. The second kappa shape index (κ2) is 10.9. The first-order valence-corrected chi connectivity index (χ1v) is 12.1. The summed E-state index contributed by atoms with van der Waals surface area (Å²) >= 11 is 0. The van der Waals surface area contributed by atoms with Gasteiger partial charge in [0.1, 0.15) is 6.04 Å². The molecule has 0 aliphatic heterocycles. The van der Waals surface area contributed by atoms with E-state index in [0.717, 1.165) is 16.7 Å². The fourth-order valence-electron chi connectivity index (χ4n) is 3.62. The van der Waals surface area contributed by atoms with Crippen molar-refractivity contribution < 1.29 is 22.7 Å². The molecule has 0 aliphatic rings. The molecule has 0 aromatic heterocycles. The first-order valence-electron chi connectivity index (χ1n) is 10.6. The Labute approximate surface area is 203 Å². The second-order valence-electron chi connectivity index (χ2n) is 7.90. The minimum atomic E-state index is -3.94. The zero-order chi connectivity index (χ0) is 25.6. The molecule has 182 valence electrons. The predicted molar refractivity (Wildman–Crippen MR) is 133 cm³/mol. The van der Waals surface area contributed by atoms with Crippen LogP contribution in [0.1, 0.15) is 27.0 Å². The third kappa shape index (κ3) is 6.52. The standard InChI is InChI=1S/C25H26N4O5S/c1-16-6-11-23(35(27,32)33)21(12-16)19-7-9-20(10-8-19)24(30)29-22(25(31)34-2)14-17-4-3-5-18(13-17)15-28-26/h3-13,15,22H,14,26H2,1-2H3,(H,29,30)(H2,27,32,33)/b28-15-/t22-/m0/s1. The van der Waals surface area contributed by atoms with E-state index in [1.165, 1.54) is 19.4 Å². The van der Waals surface area contributed by atoms with Gasteiger partial charge in [0.15, 0.2) is 0 Å². The van der Waals surface area contributed by atoms with E-state index >= 15 is 0 Å². The highest BCUT2D eigenvalue weighted by molar-refractivity contribution is 7.89. The van der Waals surface area contributed by atoms with Gasteiger partial charge in [-0.1, -0.05) is 54.1 Å². The van der Waals surface area contributed by atoms with Crippen molar-refractivity contribution in [2.24, 2.45) is 16.1 Å². The number of carbonyl (C=O) groups is 2. The number of ether oxygens (including phenoxy) is 1. The maximum Gasteiger partial charge on any atom is 0.328 e. The van der Waals surface area contributed by atoms with E-state index in [1.54, 1.807) is 48.5 Å². The number of sulfonamides is 1. The van der Waals surface area contributed by atoms with Gasteiger partial charge in [-0.05, 0) is 41.8 Å². The average Bonchev–Trinajstić information content (AvgIpc) is 2.83. The van der Waals surface area contributed by atoms with E-state index in [2.05, 4.69) is 10.4 Å². The van der Waals surface area contributed by atoms with Gasteiger partial charge in [-0.2, -0.15) is 5.10 Å². The quantitative estimate of drug-likeness (QED) is 0.189. The zero-order valence-electron chi connectivity index (χ0n) is 19.3. The van der Waals surface area contributed by atoms with Crippen LogP contribution in [0.15, 0.2) is 76.7 Å². The molecule has 0 unspecified atom stereocenters. The zero-order valence-corrected chi connectivity index (χ0v) is 20.1. The lowest BCUT2D eigenvalue weighted by molar-refractivity contribution is -0.142. The predicted octanol–water partition coefficient (Wildman–Crippen LogP) is 2.12. The molecule has 10 heteroatoms. The van der Waals surface area contributed by atoms with Crippen LogP contribution in [-0.4, -0.2) is 39.7 Å². The Morgan fingerprint density at radius 3 is 2.43 bits per heavy atom. The van der Waals surface area contributed by atoms with Crippen LogP contribution in [0.3, 0.4) is 0 Å². The first kappa shape index (κ1) is 25.6. The van der Waals surface area contributed by atoms with E-state index in [1.807, 2.05) is 19.1 Å². The molecular formula is C25H26N4O5S. The molecule has 0 spiro atoms. The number of primary sulfonamides is 1. The van der Waals surface area contributed by atoms with E-state index in [-0.39, 0.29) is 16.9 Å². The highest BCUT2D eigenvalue weighted by Gasteiger charge is 2.23. The molecule has 0 saturated heterocycles. The van der Waals surface area contributed by atoms with Crippen molar-refractivity contribution in [2.45, 2.75) is 24.3 Å². The molecule has 0 saturated carbocycles. The van der Waals surface area contributed by atoms with Crippen LogP contribution in [0.25, 0.3) is 11.1 Å². The van der Waals surface area contributed by atoms with E-state index < -0.39 is 27.9 Å². The Bertz CT molecular complexity index is 1370. The van der Waals surface area contributed by atoms with Gasteiger partial charge < -0.3 is 15.9 Å². The number of methoxy groups -OCH3 is 1. The van der Waals surface area contributed by atoms with Crippen LogP contribution in [0.2, 0.25) is 0 Å². The number of nitrogens with zero attached hydrogens (tertiary/aromatic N) is 1. The Balaban J connectivity index is 1.83. The normalized spacial score (nSPS) is 12.3. The molecule has 3 rings (SSSR count). The number of nitrogens with two attached hydrogens (primary N) is 2. The molecule has 3 aromatic carbocycles. The third-order valence-electron chi connectivity index (χ3n) is 5.31. The molecule has 0 fully saturated rings. The summed E-state index contributed by atoms with van der Waals surface area (Å²) in [5.74, 6) is 4.12. The Kier molecular flexibility index (Phi) is 8.00. The van der Waals surface area contributed by atoms with E-state index in [4.69, 9.17) is 15.7 Å². The van der Waals surface area contributed by atoms with Gasteiger partial charge in [-0.3, -0.25) is 4.79 Å². The summed E-state index contributed by atoms with van der Waals surface area (Å²) in [6, 6.07) is 17.5. The monoisotopic (exact) mass is 494 g/mol. The van der Waals surface area contributed by atoms with Crippen molar-refractivity contribution in [1.82, 2.24) is 5.32 Å². The molecular weight excluding hydrogens is 468 g/mol. The Morgan fingerprint density at radius 1 is 1.09 bits per heavy atom. The van der Waals surface area contributed by atoms with Crippen LogP contribution in [0.5, 0.6) is 0 Å². The molecule has 1 amide bonds. The number of benzene rings is 3. The SMILES string of the molecule is COC(=O)[C@H](Cc1cccc(/C=N\N)c1)NC(=O)c1ccc(-c2cc(C)ccc2S(N)(=O)=O)cc1. The average molecular weight is 495 g/mol. The lowest BCUT2D eigenvalue weighted by Crippen LogP contribution is -2.43. The summed E-state index contributed by atoms with van der Waals surface area (Å²) < 4.78 is 28.8. The molecule has 0 heterocycles. The van der Waals surface area contributed by atoms with Gasteiger partial charge in [0.25, 0.3) is 5.91 Å². The minimum absolute atomic E-state index is 0.00651. The fourth-order valence-corrected chi connectivity index (χ4v) is 4.36. The van der Waals surface area contributed by atoms with Gasteiger partial charge in [-0.25, -0.2) is 18.4 Å². The first-order chi connectivity index (χ1) is 16.6. The van der Waals surface area contributed by atoms with E-state index in [9.17, 15) is 18.0 Å². The molecule has 0 aliphatic carbocycles. The molecule has 0 bridgehead atoms. The number of hydrogen-bond acceptors (Lipinski definition) is 7. The molecule has 35 heavy (non-hydrogen) atoms. The van der Waals surface area contributed by atoms with Crippen molar-refractivity contribution in [3.05, 3.63) is 89.0 Å². The smallest absolute Gasteiger partial charge is 0.328 e. The molecule has 9 nitrogen and oxygen atoms in total. The highest BCUT2D eigenvalue weighted by atomic mass is 32.2. The van der Waals surface area contributed by atoms with E-state index in [0.29, 0.717) is 11.1 Å². The van der Waals surface area contributed by atoms with Crippen LogP contribution < -0.4 is 16.3 Å². The number of aryl methyl sites for hydroxylation is 1. The van der Waals surface area contributed by atoms with Crippen molar-refractivity contribution in [3.63, 3.8) is 0 Å². The van der Waals surface area contributed by atoms with Crippen LogP contribution in [0.4, 0.5) is 0 Å². The van der Waals surface area contributed by atoms with Crippen molar-refractivity contribution in [1.29, 1.82) is 0 Å². The Hall–Kier alpha value is -4.02. The summed E-state index contributed by atoms with van der Waals surface area (Å²) in [5.41, 5.74) is 3.70. The summed E-state index contributed by atoms with van der Waals surface area (Å²) in [6.45, 7) is 1.84. The third-order valence-corrected chi connectivity index (χ3v) is 6.27. The van der Waals surface area contributed by atoms with Crippen LogP contribution in [-0.2, 0) is 26.0 Å². The molecule has 5 N–H and O–H groups in total. The maximum absolute atomic E-state index is 12.9. The summed E-state index contributed by atoms with van der Waals surface area (Å²) in [7, 11) is -2.69. The van der Waals surface area contributed by atoms with Gasteiger partial charge in [0, 0.05) is 17.5 Å². The lowest BCUT2D eigenvalue weighted by atomic mass is 10.0. The number of hydrogen-bond donors (Lipinski definition) is 3. The van der Waals surface area contributed by atoms with Crippen molar-refractivity contribution in [3.8, 4) is 11.1 Å². The number of hydrazone groups is 1. The number of carbonyl (C=O) groups excluding carboxylic acids is 2. The summed E-state index contributed by atoms with van der Waals surface area (Å²) in [6.07, 6.45) is 1.68. The molecule has 3 aromatic rings. The van der Waals surface area contributed by atoms with Crippen LogP contribution in [0, 0.1) is 6.92 Å². The fraction of sp³-hybridized carbons (Fsp3) is 0.160. The van der Waals surface area contributed by atoms with Gasteiger partial charge in [-0.15, -0.1) is 0 Å². The summed E-state index contributed by atoms with van der Waals surface area (Å²) in [4.78, 5) is 25.2. The van der Waals surface area contributed by atoms with Crippen molar-refractivity contribution >= 4 is 28.1 Å². The van der Waals surface area contributed by atoms with Gasteiger partial charge >= 0.3 is 5.97 Å². The van der Waals surface area contributed by atoms with Gasteiger partial charge in [0.2, 0.25) is 10.0 Å². The summed E-state index contributed by atoms with van der Waals surface area (Å²) in [5, 5.41) is 11.6. The van der Waals surface area contributed by atoms with Gasteiger partial charge in [0.05, 0.1) is 18.2 Å². The molecule has 0 radical (unpaired) electrons. The molecule has 1 atom stereocenters. The number of rotatable bonds is 8.